The van der Waals surface area contributed by atoms with Crippen LogP contribution < -0.4 is 0 Å². The second kappa shape index (κ2) is 7.67. The molecule has 0 saturated carbocycles. The minimum atomic E-state index is -1.77. The number of aromatic nitrogens is 2. The molecule has 2 heterocycles. The van der Waals surface area contributed by atoms with Gasteiger partial charge in [0, 0.05) is 5.56 Å². The average Bonchev–Trinajstić information content (AvgIpc) is 3.07. The predicted molar refractivity (Wildman–Crippen MR) is 104 cm³/mol. The van der Waals surface area contributed by atoms with Crippen molar-refractivity contribution >= 4 is 6.09 Å². The Balaban J connectivity index is 2.14. The van der Waals surface area contributed by atoms with Crippen molar-refractivity contribution in [3.63, 3.8) is 0 Å². The lowest BCUT2D eigenvalue weighted by Crippen LogP contribution is -2.56. The van der Waals surface area contributed by atoms with Crippen molar-refractivity contribution in [3.05, 3.63) is 40.8 Å². The summed E-state index contributed by atoms with van der Waals surface area (Å²) in [7, 11) is 0. The summed E-state index contributed by atoms with van der Waals surface area (Å²) in [6, 6.07) is 6.24. The second-order valence-electron chi connectivity index (χ2n) is 8.49. The fraction of sp³-hybridized carbons (Fsp3) is 0.476. The van der Waals surface area contributed by atoms with Crippen LogP contribution in [-0.4, -0.2) is 46.3 Å². The maximum Gasteiger partial charge on any atom is 0.410 e. The highest BCUT2D eigenvalue weighted by Crippen LogP contribution is 2.35. The molecular formula is C21H23F3N4O2. The monoisotopic (exact) mass is 420 g/mol. The summed E-state index contributed by atoms with van der Waals surface area (Å²) in [4.78, 5) is 13.8. The summed E-state index contributed by atoms with van der Waals surface area (Å²) in [5.41, 5.74) is -1.29. The number of fused-ring (bicyclic) bond motifs is 1. The fourth-order valence-corrected chi connectivity index (χ4v) is 3.45. The Bertz CT molecular complexity index is 1020. The van der Waals surface area contributed by atoms with Gasteiger partial charge in [0.05, 0.1) is 18.8 Å². The zero-order valence-electron chi connectivity index (χ0n) is 17.3. The van der Waals surface area contributed by atoms with Crippen molar-refractivity contribution in [2.45, 2.75) is 45.4 Å². The molecule has 1 amide bonds. The van der Waals surface area contributed by atoms with E-state index in [-0.39, 0.29) is 30.0 Å². The Hall–Kier alpha value is -3.02. The highest BCUT2D eigenvalue weighted by atomic mass is 19.1. The summed E-state index contributed by atoms with van der Waals surface area (Å²) in [6.07, 6.45) is -0.732. The molecule has 9 heteroatoms. The highest BCUT2D eigenvalue weighted by molar-refractivity contribution is 5.71. The van der Waals surface area contributed by atoms with E-state index in [2.05, 4.69) is 5.10 Å². The van der Waals surface area contributed by atoms with E-state index in [0.29, 0.717) is 11.1 Å². The number of halogens is 3. The summed E-state index contributed by atoms with van der Waals surface area (Å²) in [5.74, 6) is -0.417. The SMILES string of the molecule is Cc1cc(-c2nn3c(c2C#N)CN(C(=O)OC(C)(C)C)CC3(CF)CF)ccc1F. The molecule has 160 valence electrons. The van der Waals surface area contributed by atoms with Gasteiger partial charge in [-0.2, -0.15) is 10.4 Å². The molecule has 1 aliphatic rings. The standard InChI is InChI=1S/C21H23F3N4O2/c1-13-7-14(5-6-16(13)24)18-15(8-25)17-9-27(19(29)30-20(2,3)4)12-21(10-22,11-23)28(17)26-18/h5-7H,9-12H2,1-4H3. The number of hydrogen-bond donors (Lipinski definition) is 0. The first kappa shape index (κ1) is 21.7. The Morgan fingerprint density at radius 1 is 1.33 bits per heavy atom. The van der Waals surface area contributed by atoms with Gasteiger partial charge in [-0.25, -0.2) is 18.0 Å². The van der Waals surface area contributed by atoms with Crippen LogP contribution in [0.25, 0.3) is 11.3 Å². The minimum Gasteiger partial charge on any atom is -0.444 e. The smallest absolute Gasteiger partial charge is 0.410 e. The van der Waals surface area contributed by atoms with E-state index < -0.39 is 36.4 Å². The topological polar surface area (TPSA) is 71.2 Å². The molecule has 30 heavy (non-hydrogen) atoms. The molecule has 0 fully saturated rings. The van der Waals surface area contributed by atoms with Crippen molar-refractivity contribution in [1.82, 2.24) is 14.7 Å². The van der Waals surface area contributed by atoms with Gasteiger partial charge in [0.25, 0.3) is 0 Å². The Morgan fingerprint density at radius 3 is 2.53 bits per heavy atom. The molecule has 0 radical (unpaired) electrons. The lowest BCUT2D eigenvalue weighted by Gasteiger charge is -2.40. The van der Waals surface area contributed by atoms with Gasteiger partial charge in [-0.05, 0) is 51.5 Å². The number of benzene rings is 1. The van der Waals surface area contributed by atoms with Crippen molar-refractivity contribution in [2.75, 3.05) is 19.9 Å². The number of carbonyl (C=O) groups is 1. The zero-order chi connectivity index (χ0) is 22.3. The molecule has 1 aliphatic heterocycles. The number of carbonyl (C=O) groups excluding carboxylic acids is 1. The number of amides is 1. The predicted octanol–water partition coefficient (Wildman–Crippen LogP) is 4.25. The molecule has 1 aromatic heterocycles. The van der Waals surface area contributed by atoms with Crippen LogP contribution in [0.2, 0.25) is 0 Å². The van der Waals surface area contributed by atoms with Gasteiger partial charge in [-0.1, -0.05) is 0 Å². The van der Waals surface area contributed by atoms with E-state index in [4.69, 9.17) is 4.74 Å². The third-order valence-corrected chi connectivity index (χ3v) is 4.95. The summed E-state index contributed by atoms with van der Waals surface area (Å²) >= 11 is 0. The van der Waals surface area contributed by atoms with E-state index in [1.165, 1.54) is 27.8 Å². The van der Waals surface area contributed by atoms with Gasteiger partial charge in [-0.15, -0.1) is 0 Å². The Kier molecular flexibility index (Phi) is 5.54. The number of alkyl halides is 2. The van der Waals surface area contributed by atoms with Crippen LogP contribution >= 0.6 is 0 Å². The second-order valence-corrected chi connectivity index (χ2v) is 8.49. The summed E-state index contributed by atoms with van der Waals surface area (Å²) in [6.45, 7) is 3.97. The van der Waals surface area contributed by atoms with Crippen LogP contribution in [0.15, 0.2) is 18.2 Å². The summed E-state index contributed by atoms with van der Waals surface area (Å²) < 4.78 is 48.5. The largest absolute Gasteiger partial charge is 0.444 e. The molecule has 0 unspecified atom stereocenters. The maximum atomic E-state index is 14.1. The quantitative estimate of drug-likeness (QED) is 0.744. The zero-order valence-corrected chi connectivity index (χ0v) is 17.3. The first-order valence-electron chi connectivity index (χ1n) is 9.44. The first-order valence-corrected chi connectivity index (χ1v) is 9.44. The van der Waals surface area contributed by atoms with Crippen LogP contribution in [0.5, 0.6) is 0 Å². The minimum absolute atomic E-state index is 0.0838. The van der Waals surface area contributed by atoms with Crippen molar-refractivity contribution < 1.29 is 22.7 Å². The first-order chi connectivity index (χ1) is 14.0. The average molecular weight is 420 g/mol. The third-order valence-electron chi connectivity index (χ3n) is 4.95. The lowest BCUT2D eigenvalue weighted by atomic mass is 9.98. The van der Waals surface area contributed by atoms with Crippen LogP contribution in [0.4, 0.5) is 18.0 Å². The Morgan fingerprint density at radius 2 is 2.00 bits per heavy atom. The van der Waals surface area contributed by atoms with Gasteiger partial charge in [0.1, 0.15) is 47.6 Å². The summed E-state index contributed by atoms with van der Waals surface area (Å²) in [5, 5.41) is 14.1. The third kappa shape index (κ3) is 3.74. The van der Waals surface area contributed by atoms with Gasteiger partial charge >= 0.3 is 6.09 Å². The van der Waals surface area contributed by atoms with E-state index >= 15 is 0 Å². The molecule has 2 aromatic rings. The van der Waals surface area contributed by atoms with E-state index in [9.17, 15) is 23.2 Å². The normalized spacial score (nSPS) is 15.5. The molecule has 0 saturated heterocycles. The number of aryl methyl sites for hydroxylation is 1. The molecule has 3 rings (SSSR count). The van der Waals surface area contributed by atoms with Crippen LogP contribution in [0.3, 0.4) is 0 Å². The Labute approximate surface area is 172 Å². The van der Waals surface area contributed by atoms with E-state index in [0.717, 1.165) is 0 Å². The van der Waals surface area contributed by atoms with Crippen LogP contribution in [0.1, 0.15) is 37.6 Å². The molecule has 6 nitrogen and oxygen atoms in total. The van der Waals surface area contributed by atoms with Crippen LogP contribution in [-0.2, 0) is 16.8 Å². The molecule has 1 aromatic carbocycles. The number of nitrogens with zero attached hydrogens (tertiary/aromatic N) is 4. The molecule has 0 aliphatic carbocycles. The number of nitriles is 1. The fourth-order valence-electron chi connectivity index (χ4n) is 3.45. The van der Waals surface area contributed by atoms with Crippen molar-refractivity contribution in [3.8, 4) is 17.3 Å². The molecule has 0 atom stereocenters. The maximum absolute atomic E-state index is 14.1. The van der Waals surface area contributed by atoms with Gasteiger partial charge in [0.2, 0.25) is 0 Å². The molecular weight excluding hydrogens is 397 g/mol. The number of hydrogen-bond acceptors (Lipinski definition) is 4. The van der Waals surface area contributed by atoms with Gasteiger partial charge in [-0.3, -0.25) is 9.58 Å². The molecule has 0 bridgehead atoms. The van der Waals surface area contributed by atoms with E-state index in [1.54, 1.807) is 27.7 Å². The van der Waals surface area contributed by atoms with Gasteiger partial charge < -0.3 is 4.74 Å². The lowest BCUT2D eigenvalue weighted by molar-refractivity contribution is -0.00364. The van der Waals surface area contributed by atoms with Crippen molar-refractivity contribution in [2.24, 2.45) is 0 Å². The van der Waals surface area contributed by atoms with E-state index in [1.807, 2.05) is 6.07 Å². The number of ether oxygens (including phenoxy) is 1. The van der Waals surface area contributed by atoms with Gasteiger partial charge in [0.15, 0.2) is 0 Å². The molecule has 0 N–H and O–H groups in total. The molecule has 0 spiro atoms. The highest BCUT2D eigenvalue weighted by Gasteiger charge is 2.45. The number of rotatable bonds is 3. The van der Waals surface area contributed by atoms with Crippen molar-refractivity contribution in [1.29, 1.82) is 5.26 Å². The van der Waals surface area contributed by atoms with Crippen LogP contribution in [0, 0.1) is 24.1 Å².